The van der Waals surface area contributed by atoms with E-state index in [1.807, 2.05) is 42.7 Å². The maximum Gasteiger partial charge on any atom is 0.100 e. The Morgan fingerprint density at radius 2 is 1.94 bits per heavy atom. The SMILES string of the molecule is Nc1ccc(-n2cnc3ccccc32)c(I)c1. The summed E-state index contributed by atoms with van der Waals surface area (Å²) >= 11 is 2.29. The summed E-state index contributed by atoms with van der Waals surface area (Å²) in [5.74, 6) is 0. The highest BCUT2D eigenvalue weighted by atomic mass is 127. The zero-order valence-electron chi connectivity index (χ0n) is 8.97. The highest BCUT2D eigenvalue weighted by Gasteiger charge is 2.06. The number of nitrogen functional groups attached to an aromatic ring is 1. The van der Waals surface area contributed by atoms with Crippen LogP contribution in [-0.4, -0.2) is 9.55 Å². The Morgan fingerprint density at radius 3 is 2.76 bits per heavy atom. The van der Waals surface area contributed by atoms with Crippen LogP contribution in [0.2, 0.25) is 0 Å². The molecule has 0 aliphatic carbocycles. The van der Waals surface area contributed by atoms with Crippen LogP contribution in [0, 0.1) is 3.57 Å². The Labute approximate surface area is 112 Å². The van der Waals surface area contributed by atoms with Crippen molar-refractivity contribution in [3.05, 3.63) is 52.4 Å². The first-order valence-corrected chi connectivity index (χ1v) is 6.31. The van der Waals surface area contributed by atoms with Crippen molar-refractivity contribution in [2.45, 2.75) is 0 Å². The summed E-state index contributed by atoms with van der Waals surface area (Å²) in [7, 11) is 0. The molecule has 0 saturated heterocycles. The monoisotopic (exact) mass is 335 g/mol. The molecule has 0 aliphatic heterocycles. The van der Waals surface area contributed by atoms with Crippen LogP contribution in [0.1, 0.15) is 0 Å². The fraction of sp³-hybridized carbons (Fsp3) is 0. The van der Waals surface area contributed by atoms with Gasteiger partial charge in [0.25, 0.3) is 0 Å². The minimum atomic E-state index is 0.780. The highest BCUT2D eigenvalue weighted by molar-refractivity contribution is 14.1. The van der Waals surface area contributed by atoms with Gasteiger partial charge in [0.05, 0.1) is 16.7 Å². The van der Waals surface area contributed by atoms with Gasteiger partial charge in [-0.1, -0.05) is 12.1 Å². The fourth-order valence-electron chi connectivity index (χ4n) is 1.87. The summed E-state index contributed by atoms with van der Waals surface area (Å²) in [6.07, 6.45) is 1.85. The number of hydrogen-bond acceptors (Lipinski definition) is 2. The molecule has 3 nitrogen and oxygen atoms in total. The molecule has 2 N–H and O–H groups in total. The topological polar surface area (TPSA) is 43.8 Å². The van der Waals surface area contributed by atoms with Crippen molar-refractivity contribution in [3.63, 3.8) is 0 Å². The van der Waals surface area contributed by atoms with E-state index in [1.54, 1.807) is 0 Å². The molecule has 0 fully saturated rings. The van der Waals surface area contributed by atoms with Crippen molar-refractivity contribution < 1.29 is 0 Å². The summed E-state index contributed by atoms with van der Waals surface area (Å²) < 4.78 is 3.20. The van der Waals surface area contributed by atoms with E-state index in [-0.39, 0.29) is 0 Å². The molecule has 1 heterocycles. The third kappa shape index (κ3) is 1.78. The predicted octanol–water partition coefficient (Wildman–Crippen LogP) is 3.21. The average Bonchev–Trinajstić information content (AvgIpc) is 2.73. The highest BCUT2D eigenvalue weighted by Crippen LogP contribution is 2.23. The number of benzene rings is 2. The van der Waals surface area contributed by atoms with Gasteiger partial charge in [-0.25, -0.2) is 4.98 Å². The number of fused-ring (bicyclic) bond motifs is 1. The maximum atomic E-state index is 5.76. The molecular weight excluding hydrogens is 325 g/mol. The number of nitrogens with two attached hydrogens (primary N) is 1. The average molecular weight is 335 g/mol. The third-order valence-corrected chi connectivity index (χ3v) is 3.55. The van der Waals surface area contributed by atoms with E-state index in [0.29, 0.717) is 0 Å². The molecule has 0 bridgehead atoms. The Bertz CT molecular complexity index is 688. The minimum Gasteiger partial charge on any atom is -0.399 e. The molecular formula is C13H10IN3. The number of aromatic nitrogens is 2. The van der Waals surface area contributed by atoms with Crippen molar-refractivity contribution in [2.75, 3.05) is 5.73 Å². The summed E-state index contributed by atoms with van der Waals surface area (Å²) in [6.45, 7) is 0. The van der Waals surface area contributed by atoms with Gasteiger partial charge in [-0.15, -0.1) is 0 Å². The van der Waals surface area contributed by atoms with Gasteiger partial charge in [0.1, 0.15) is 6.33 Å². The van der Waals surface area contributed by atoms with Gasteiger partial charge in [-0.05, 0) is 52.9 Å². The largest absolute Gasteiger partial charge is 0.399 e. The lowest BCUT2D eigenvalue weighted by molar-refractivity contribution is 1.08. The van der Waals surface area contributed by atoms with Crippen LogP contribution in [0.5, 0.6) is 0 Å². The smallest absolute Gasteiger partial charge is 0.100 e. The molecule has 84 valence electrons. The van der Waals surface area contributed by atoms with Crippen LogP contribution in [0.4, 0.5) is 5.69 Å². The van der Waals surface area contributed by atoms with Gasteiger partial charge in [0.15, 0.2) is 0 Å². The molecule has 0 aliphatic rings. The Morgan fingerprint density at radius 1 is 1.12 bits per heavy atom. The molecule has 4 heteroatoms. The van der Waals surface area contributed by atoms with Crippen LogP contribution in [0.15, 0.2) is 48.8 Å². The number of anilines is 1. The number of imidazole rings is 1. The molecule has 0 atom stereocenters. The molecule has 0 radical (unpaired) electrons. The standard InChI is InChI=1S/C13H10IN3/c14-10-7-9(15)5-6-12(10)17-8-16-11-3-1-2-4-13(11)17/h1-8H,15H2. The van der Waals surface area contributed by atoms with Gasteiger partial charge < -0.3 is 5.73 Å². The first-order valence-electron chi connectivity index (χ1n) is 5.23. The number of nitrogens with zero attached hydrogens (tertiary/aromatic N) is 2. The normalized spacial score (nSPS) is 10.9. The first-order chi connectivity index (χ1) is 8.25. The molecule has 0 amide bonds. The van der Waals surface area contributed by atoms with Gasteiger partial charge in [-0.3, -0.25) is 4.57 Å². The lowest BCUT2D eigenvalue weighted by atomic mass is 10.2. The lowest BCUT2D eigenvalue weighted by Crippen LogP contribution is -1.96. The molecule has 2 aromatic carbocycles. The molecule has 0 saturated carbocycles. The molecule has 0 unspecified atom stereocenters. The number of para-hydroxylation sites is 2. The molecule has 0 spiro atoms. The summed E-state index contributed by atoms with van der Waals surface area (Å²) in [4.78, 5) is 4.39. The zero-order valence-corrected chi connectivity index (χ0v) is 11.1. The number of rotatable bonds is 1. The van der Waals surface area contributed by atoms with Crippen LogP contribution in [0.25, 0.3) is 16.7 Å². The van der Waals surface area contributed by atoms with Crippen LogP contribution < -0.4 is 5.73 Å². The zero-order chi connectivity index (χ0) is 11.8. The second-order valence-corrected chi connectivity index (χ2v) is 4.98. The third-order valence-electron chi connectivity index (χ3n) is 2.68. The second kappa shape index (κ2) is 4.03. The quantitative estimate of drug-likeness (QED) is 0.548. The van der Waals surface area contributed by atoms with Crippen molar-refractivity contribution in [2.24, 2.45) is 0 Å². The predicted molar refractivity (Wildman–Crippen MR) is 78.2 cm³/mol. The van der Waals surface area contributed by atoms with E-state index in [9.17, 15) is 0 Å². The molecule has 1 aromatic heterocycles. The Hall–Kier alpha value is -1.56. The Balaban J connectivity index is 2.27. The van der Waals surface area contributed by atoms with Crippen molar-refractivity contribution in [1.29, 1.82) is 0 Å². The lowest BCUT2D eigenvalue weighted by Gasteiger charge is -2.07. The maximum absolute atomic E-state index is 5.76. The van der Waals surface area contributed by atoms with E-state index in [0.717, 1.165) is 26.0 Å². The summed E-state index contributed by atoms with van der Waals surface area (Å²) in [5.41, 5.74) is 9.76. The van der Waals surface area contributed by atoms with Crippen LogP contribution >= 0.6 is 22.6 Å². The van der Waals surface area contributed by atoms with Crippen LogP contribution in [0.3, 0.4) is 0 Å². The van der Waals surface area contributed by atoms with E-state index < -0.39 is 0 Å². The van der Waals surface area contributed by atoms with E-state index in [2.05, 4.69) is 38.2 Å². The summed E-state index contributed by atoms with van der Waals surface area (Å²) in [5, 5.41) is 0. The van der Waals surface area contributed by atoms with Crippen LogP contribution in [-0.2, 0) is 0 Å². The van der Waals surface area contributed by atoms with Crippen molar-refractivity contribution >= 4 is 39.3 Å². The Kier molecular flexibility index (Phi) is 2.51. The van der Waals surface area contributed by atoms with Crippen molar-refractivity contribution in [1.82, 2.24) is 9.55 Å². The minimum absolute atomic E-state index is 0.780. The second-order valence-electron chi connectivity index (χ2n) is 3.81. The number of hydrogen-bond donors (Lipinski definition) is 1. The van der Waals surface area contributed by atoms with Gasteiger partial charge in [-0.2, -0.15) is 0 Å². The molecule has 3 aromatic rings. The molecule has 3 rings (SSSR count). The van der Waals surface area contributed by atoms with Gasteiger partial charge >= 0.3 is 0 Å². The first kappa shape index (κ1) is 10.6. The number of halogens is 1. The van der Waals surface area contributed by atoms with E-state index in [1.165, 1.54) is 0 Å². The van der Waals surface area contributed by atoms with Gasteiger partial charge in [0.2, 0.25) is 0 Å². The van der Waals surface area contributed by atoms with Crippen molar-refractivity contribution in [3.8, 4) is 5.69 Å². The fourth-order valence-corrected chi connectivity index (χ4v) is 2.67. The van der Waals surface area contributed by atoms with Gasteiger partial charge in [0, 0.05) is 9.26 Å². The van der Waals surface area contributed by atoms with E-state index in [4.69, 9.17) is 5.73 Å². The summed E-state index contributed by atoms with van der Waals surface area (Å²) in [6, 6.07) is 14.0. The van der Waals surface area contributed by atoms with E-state index >= 15 is 0 Å². The molecule has 17 heavy (non-hydrogen) atoms.